The van der Waals surface area contributed by atoms with Crippen LogP contribution in [0.3, 0.4) is 0 Å². The maximum absolute atomic E-state index is 12.9. The van der Waals surface area contributed by atoms with Gasteiger partial charge >= 0.3 is 5.97 Å². The van der Waals surface area contributed by atoms with Gasteiger partial charge in [-0.1, -0.05) is 42.5 Å². The van der Waals surface area contributed by atoms with E-state index < -0.39 is 5.97 Å². The fraction of sp³-hybridized carbons (Fsp3) is 0.0476. The van der Waals surface area contributed by atoms with Gasteiger partial charge in [0.15, 0.2) is 0 Å². The van der Waals surface area contributed by atoms with E-state index in [0.717, 1.165) is 5.56 Å². The quantitative estimate of drug-likeness (QED) is 0.553. The zero-order chi connectivity index (χ0) is 18.4. The van der Waals surface area contributed by atoms with Gasteiger partial charge in [-0.3, -0.25) is 4.79 Å². The molecule has 2 aromatic carbocycles. The highest BCUT2D eigenvalue weighted by molar-refractivity contribution is 6.29. The topological polar surface area (TPSA) is 68.5 Å². The van der Waals surface area contributed by atoms with Gasteiger partial charge in [0.25, 0.3) is 5.91 Å². The third-order valence-electron chi connectivity index (χ3n) is 3.74. The Balaban J connectivity index is 1.96. The number of anilines is 1. The third-order valence-corrected chi connectivity index (χ3v) is 3.74. The monoisotopic (exact) mass is 347 g/mol. The largest absolute Gasteiger partial charge is 0.465 e. The van der Waals surface area contributed by atoms with Crippen LogP contribution in [-0.4, -0.2) is 19.0 Å². The molecule has 0 aliphatic rings. The number of nitrogens with one attached hydrogen (secondary N) is 1. The molecule has 0 aliphatic heterocycles. The van der Waals surface area contributed by atoms with Crippen molar-refractivity contribution in [1.82, 2.24) is 0 Å². The Morgan fingerprint density at radius 2 is 1.69 bits per heavy atom. The molecule has 0 atom stereocenters. The number of hydrogen-bond acceptors (Lipinski definition) is 4. The first-order chi connectivity index (χ1) is 12.7. The van der Waals surface area contributed by atoms with E-state index in [4.69, 9.17) is 9.15 Å². The smallest absolute Gasteiger partial charge is 0.339 e. The Kier molecular flexibility index (Phi) is 5.29. The fourth-order valence-electron chi connectivity index (χ4n) is 2.48. The van der Waals surface area contributed by atoms with E-state index in [1.54, 1.807) is 48.7 Å². The van der Waals surface area contributed by atoms with Crippen molar-refractivity contribution in [1.29, 1.82) is 0 Å². The highest BCUT2D eigenvalue weighted by atomic mass is 16.5. The summed E-state index contributed by atoms with van der Waals surface area (Å²) >= 11 is 0. The van der Waals surface area contributed by atoms with Gasteiger partial charge in [-0.05, 0) is 35.9 Å². The molecule has 0 aliphatic carbocycles. The molecule has 0 fully saturated rings. The Hall–Kier alpha value is -3.60. The summed E-state index contributed by atoms with van der Waals surface area (Å²) < 4.78 is 10.1. The average Bonchev–Trinajstić information content (AvgIpc) is 3.20. The number of hydrogen-bond donors (Lipinski definition) is 1. The number of esters is 1. The molecule has 1 aromatic heterocycles. The van der Waals surface area contributed by atoms with Crippen molar-refractivity contribution in [3.8, 4) is 0 Å². The van der Waals surface area contributed by atoms with Crippen LogP contribution < -0.4 is 5.32 Å². The summed E-state index contributed by atoms with van der Waals surface area (Å²) in [6.45, 7) is 0. The minimum Gasteiger partial charge on any atom is -0.465 e. The maximum Gasteiger partial charge on any atom is 0.339 e. The number of benzene rings is 2. The van der Waals surface area contributed by atoms with Gasteiger partial charge in [0.05, 0.1) is 30.2 Å². The Morgan fingerprint density at radius 3 is 2.38 bits per heavy atom. The van der Waals surface area contributed by atoms with Crippen LogP contribution in [0, 0.1) is 0 Å². The first kappa shape index (κ1) is 17.2. The van der Waals surface area contributed by atoms with Crippen LogP contribution in [0.1, 0.15) is 21.7 Å². The molecule has 1 amide bonds. The molecule has 5 nitrogen and oxygen atoms in total. The molecule has 0 radical (unpaired) electrons. The highest BCUT2D eigenvalue weighted by Gasteiger charge is 2.17. The van der Waals surface area contributed by atoms with E-state index in [0.29, 0.717) is 17.0 Å². The van der Waals surface area contributed by atoms with Gasteiger partial charge in [-0.25, -0.2) is 4.79 Å². The van der Waals surface area contributed by atoms with Crippen LogP contribution in [0.4, 0.5) is 5.69 Å². The lowest BCUT2D eigenvalue weighted by Gasteiger charge is -2.12. The van der Waals surface area contributed by atoms with Crippen LogP contribution in [0.2, 0.25) is 0 Å². The van der Waals surface area contributed by atoms with Crippen molar-refractivity contribution in [2.24, 2.45) is 0 Å². The summed E-state index contributed by atoms with van der Waals surface area (Å²) in [5, 5.41) is 2.79. The van der Waals surface area contributed by atoms with Crippen molar-refractivity contribution in [2.45, 2.75) is 0 Å². The average molecular weight is 347 g/mol. The summed E-state index contributed by atoms with van der Waals surface area (Å²) in [6, 6.07) is 19.4. The van der Waals surface area contributed by atoms with Crippen LogP contribution in [-0.2, 0) is 9.53 Å². The molecule has 26 heavy (non-hydrogen) atoms. The molecular weight excluding hydrogens is 330 g/mol. The van der Waals surface area contributed by atoms with E-state index in [9.17, 15) is 9.59 Å². The van der Waals surface area contributed by atoms with E-state index in [-0.39, 0.29) is 11.5 Å². The minimum absolute atomic E-state index is 0.286. The number of furan rings is 1. The lowest BCUT2D eigenvalue weighted by Crippen LogP contribution is -2.16. The summed E-state index contributed by atoms with van der Waals surface area (Å²) in [5.74, 6) is -0.318. The first-order valence-corrected chi connectivity index (χ1v) is 7.98. The van der Waals surface area contributed by atoms with Crippen molar-refractivity contribution in [2.75, 3.05) is 12.4 Å². The van der Waals surface area contributed by atoms with E-state index in [2.05, 4.69) is 5.32 Å². The summed E-state index contributed by atoms with van der Waals surface area (Å²) in [5.41, 5.74) is 1.82. The second kappa shape index (κ2) is 7.98. The van der Waals surface area contributed by atoms with Crippen molar-refractivity contribution in [3.63, 3.8) is 0 Å². The molecule has 0 bridgehead atoms. The number of carbonyl (C=O) groups is 2. The SMILES string of the molecule is COC(=O)c1ccccc1NC(=O)C(=Cc1ccco1)c1ccccc1. The van der Waals surface area contributed by atoms with Gasteiger partial charge in [0, 0.05) is 0 Å². The first-order valence-electron chi connectivity index (χ1n) is 7.98. The number of ether oxygens (including phenoxy) is 1. The predicted octanol–water partition coefficient (Wildman–Crippen LogP) is 4.25. The third kappa shape index (κ3) is 3.89. The predicted molar refractivity (Wildman–Crippen MR) is 99.4 cm³/mol. The van der Waals surface area contributed by atoms with Crippen LogP contribution in [0.25, 0.3) is 11.6 Å². The lowest BCUT2D eigenvalue weighted by molar-refractivity contribution is -0.111. The Bertz CT molecular complexity index is 928. The standard InChI is InChI=1S/C21H17NO4/c1-25-21(24)17-11-5-6-12-19(17)22-20(23)18(14-16-10-7-13-26-16)15-8-3-2-4-9-15/h2-14H,1H3,(H,22,23). The molecule has 130 valence electrons. The minimum atomic E-state index is -0.517. The number of rotatable bonds is 5. The summed E-state index contributed by atoms with van der Waals surface area (Å²) in [4.78, 5) is 24.8. The molecule has 1 heterocycles. The van der Waals surface area contributed by atoms with Crippen molar-refractivity contribution in [3.05, 3.63) is 89.9 Å². The number of para-hydroxylation sites is 1. The second-order valence-electron chi connectivity index (χ2n) is 5.43. The maximum atomic E-state index is 12.9. The zero-order valence-corrected chi connectivity index (χ0v) is 14.1. The molecular formula is C21H17NO4. The summed E-state index contributed by atoms with van der Waals surface area (Å²) in [6.07, 6.45) is 3.20. The van der Waals surface area contributed by atoms with E-state index >= 15 is 0 Å². The number of methoxy groups -OCH3 is 1. The van der Waals surface area contributed by atoms with Crippen molar-refractivity contribution >= 4 is 29.2 Å². The van der Waals surface area contributed by atoms with Crippen LogP contribution in [0.15, 0.2) is 77.4 Å². The van der Waals surface area contributed by atoms with Gasteiger partial charge in [0.2, 0.25) is 0 Å². The second-order valence-corrected chi connectivity index (χ2v) is 5.43. The molecule has 0 unspecified atom stereocenters. The molecule has 3 rings (SSSR count). The summed E-state index contributed by atoms with van der Waals surface area (Å²) in [7, 11) is 1.30. The molecule has 0 spiro atoms. The normalized spacial score (nSPS) is 11.0. The lowest BCUT2D eigenvalue weighted by atomic mass is 10.0. The number of carbonyl (C=O) groups excluding carboxylic acids is 2. The molecule has 3 aromatic rings. The molecule has 1 N–H and O–H groups in total. The molecule has 0 saturated carbocycles. The van der Waals surface area contributed by atoms with Gasteiger partial charge in [0.1, 0.15) is 5.76 Å². The van der Waals surface area contributed by atoms with Crippen molar-refractivity contribution < 1.29 is 18.7 Å². The van der Waals surface area contributed by atoms with Crippen LogP contribution in [0.5, 0.6) is 0 Å². The van der Waals surface area contributed by atoms with Gasteiger partial charge < -0.3 is 14.5 Å². The Morgan fingerprint density at radius 1 is 0.962 bits per heavy atom. The zero-order valence-electron chi connectivity index (χ0n) is 14.1. The van der Waals surface area contributed by atoms with Gasteiger partial charge in [-0.15, -0.1) is 0 Å². The number of amides is 1. The molecule has 5 heteroatoms. The Labute approximate surface area is 150 Å². The molecule has 0 saturated heterocycles. The highest BCUT2D eigenvalue weighted by Crippen LogP contribution is 2.23. The van der Waals surface area contributed by atoms with Gasteiger partial charge in [-0.2, -0.15) is 0 Å². The fourth-order valence-corrected chi connectivity index (χ4v) is 2.48. The van der Waals surface area contributed by atoms with E-state index in [1.165, 1.54) is 7.11 Å². The van der Waals surface area contributed by atoms with E-state index in [1.807, 2.05) is 30.3 Å². The van der Waals surface area contributed by atoms with Crippen LogP contribution >= 0.6 is 0 Å².